The molecule has 1 aromatic rings. The molecule has 5 N–H and O–H groups in total. The Bertz CT molecular complexity index is 1980. The van der Waals surface area contributed by atoms with E-state index in [1.54, 1.807) is 33.7 Å². The highest BCUT2D eigenvalue weighted by Gasteiger charge is 2.74. The summed E-state index contributed by atoms with van der Waals surface area (Å²) in [7, 11) is 3.49. The third kappa shape index (κ3) is 5.90. The predicted molar refractivity (Wildman–Crippen MR) is 240 cm³/mol. The predicted octanol–water partition coefficient (Wildman–Crippen LogP) is 8.17. The number of carbonyl (C=O) groups is 2. The molecular formula is C50H71NO8S2. The number of ketones is 1. The highest BCUT2D eigenvalue weighted by Crippen LogP contribution is 2.73. The second-order valence-corrected chi connectivity index (χ2v) is 25.3. The van der Waals surface area contributed by atoms with Gasteiger partial charge in [-0.05, 0) is 148 Å². The van der Waals surface area contributed by atoms with Gasteiger partial charge in [0.1, 0.15) is 11.9 Å². The summed E-state index contributed by atoms with van der Waals surface area (Å²) in [6.45, 7) is 11.3. The molecule has 7 fully saturated rings. The summed E-state index contributed by atoms with van der Waals surface area (Å²) in [6.07, 6.45) is 11.4. The number of rotatable bonds is 4. The van der Waals surface area contributed by atoms with Crippen LogP contribution >= 0.6 is 21.6 Å². The Labute approximate surface area is 371 Å². The van der Waals surface area contributed by atoms with Crippen molar-refractivity contribution in [2.45, 2.75) is 173 Å². The van der Waals surface area contributed by atoms with Crippen LogP contribution in [-0.4, -0.2) is 90.9 Å². The van der Waals surface area contributed by atoms with E-state index >= 15 is 9.59 Å². The molecule has 8 bridgehead atoms. The van der Waals surface area contributed by atoms with Gasteiger partial charge in [0, 0.05) is 40.6 Å². The number of ether oxygens (including phenoxy) is 1. The van der Waals surface area contributed by atoms with Gasteiger partial charge in [0.2, 0.25) is 5.91 Å². The van der Waals surface area contributed by atoms with Crippen molar-refractivity contribution in [1.29, 1.82) is 0 Å². The fourth-order valence-corrected chi connectivity index (χ4v) is 19.7. The number of phenols is 1. The molecule has 61 heavy (non-hydrogen) atoms. The van der Waals surface area contributed by atoms with Crippen LogP contribution in [-0.2, 0) is 20.7 Å². The van der Waals surface area contributed by atoms with Crippen molar-refractivity contribution in [3.05, 3.63) is 35.4 Å². The molecule has 1 aromatic carbocycles. The van der Waals surface area contributed by atoms with Gasteiger partial charge in [-0.1, -0.05) is 75.0 Å². The van der Waals surface area contributed by atoms with Crippen LogP contribution in [0, 0.1) is 56.7 Å². The molecule has 14 atom stereocenters. The molecule has 2 saturated heterocycles. The Morgan fingerprint density at radius 3 is 2.39 bits per heavy atom. The van der Waals surface area contributed by atoms with Crippen molar-refractivity contribution in [3.63, 3.8) is 0 Å². The maximum absolute atomic E-state index is 15.4. The first-order valence-electron chi connectivity index (χ1n) is 24.0. The second-order valence-electron chi connectivity index (χ2n) is 22.8. The van der Waals surface area contributed by atoms with Gasteiger partial charge in [0.05, 0.1) is 40.3 Å². The maximum atomic E-state index is 15.4. The molecule has 5 saturated carbocycles. The first-order valence-corrected chi connectivity index (χ1v) is 26.5. The number of anilines is 1. The van der Waals surface area contributed by atoms with Crippen molar-refractivity contribution >= 4 is 39.0 Å². The Balaban J connectivity index is 1.12. The molecule has 5 aliphatic heterocycles. The molecule has 336 valence electrons. The van der Waals surface area contributed by atoms with Crippen LogP contribution in [0.15, 0.2) is 29.8 Å². The molecule has 11 aliphatic rings. The van der Waals surface area contributed by atoms with E-state index in [4.69, 9.17) is 4.74 Å². The van der Waals surface area contributed by atoms with Gasteiger partial charge in [-0.2, -0.15) is 0 Å². The topological polar surface area (TPSA) is 151 Å². The fraction of sp³-hybridized carbons (Fsp3) is 0.800. The van der Waals surface area contributed by atoms with Crippen LogP contribution < -0.4 is 4.90 Å². The highest BCUT2D eigenvalue weighted by atomic mass is 33.1. The summed E-state index contributed by atoms with van der Waals surface area (Å²) in [4.78, 5) is 32.7. The van der Waals surface area contributed by atoms with Crippen LogP contribution in [0.25, 0.3) is 0 Å². The molecule has 5 heterocycles. The van der Waals surface area contributed by atoms with Crippen LogP contribution in [0.4, 0.5) is 5.69 Å². The number of aryl methyl sites for hydroxylation is 1. The number of aliphatic hydroxyl groups is 4. The van der Waals surface area contributed by atoms with Crippen LogP contribution in [0.1, 0.15) is 136 Å². The normalized spacial score (nSPS) is 45.7. The summed E-state index contributed by atoms with van der Waals surface area (Å²) in [5.41, 5.74) is -3.33. The lowest BCUT2D eigenvalue weighted by Gasteiger charge is -2.65. The molecule has 9 nitrogen and oxygen atoms in total. The molecule has 6 aliphatic carbocycles. The van der Waals surface area contributed by atoms with Crippen molar-refractivity contribution in [2.24, 2.45) is 56.7 Å². The van der Waals surface area contributed by atoms with E-state index < -0.39 is 45.1 Å². The number of phenolic OH excluding ortho intramolecular Hbond substituents is 1. The summed E-state index contributed by atoms with van der Waals surface area (Å²) in [6, 6.07) is 5.69. The summed E-state index contributed by atoms with van der Waals surface area (Å²) < 4.78 is 6.38. The minimum absolute atomic E-state index is 0.0627. The molecule has 0 radical (unpaired) electrons. The first kappa shape index (κ1) is 43.3. The van der Waals surface area contributed by atoms with Gasteiger partial charge >= 0.3 is 0 Å². The molecule has 0 aromatic heterocycles. The number of fused-ring (bicyclic) bond motifs is 2. The number of nitrogens with zero attached hydrogens (tertiary/aromatic N) is 1. The number of hydrogen-bond acceptors (Lipinski definition) is 10. The molecule has 4 spiro atoms. The van der Waals surface area contributed by atoms with Gasteiger partial charge in [-0.25, -0.2) is 0 Å². The Morgan fingerprint density at radius 2 is 1.64 bits per heavy atom. The van der Waals surface area contributed by atoms with Crippen LogP contribution in [0.2, 0.25) is 0 Å². The van der Waals surface area contributed by atoms with E-state index in [0.717, 1.165) is 73.9 Å². The Hall–Kier alpha value is -1.60. The van der Waals surface area contributed by atoms with E-state index in [-0.39, 0.29) is 71.6 Å². The van der Waals surface area contributed by atoms with Crippen molar-refractivity contribution in [3.8, 4) is 5.75 Å². The Kier molecular flexibility index (Phi) is 10.4. The molecule has 11 heteroatoms. The number of amides is 1. The number of allylic oxidation sites excluding steroid dienone is 1. The highest BCUT2D eigenvalue weighted by molar-refractivity contribution is 8.76. The zero-order valence-corrected chi connectivity index (χ0v) is 38.8. The lowest BCUT2D eigenvalue weighted by Crippen LogP contribution is -2.67. The van der Waals surface area contributed by atoms with E-state index in [1.807, 2.05) is 17.9 Å². The van der Waals surface area contributed by atoms with Gasteiger partial charge in [-0.15, -0.1) is 0 Å². The number of aliphatic hydroxyl groups excluding tert-OH is 2. The van der Waals surface area contributed by atoms with Gasteiger partial charge in [0.25, 0.3) is 0 Å². The Morgan fingerprint density at radius 1 is 0.902 bits per heavy atom. The van der Waals surface area contributed by atoms with E-state index in [9.17, 15) is 25.5 Å². The molecule has 0 unspecified atom stereocenters. The van der Waals surface area contributed by atoms with Crippen molar-refractivity contribution in [2.75, 3.05) is 23.0 Å². The van der Waals surface area contributed by atoms with Crippen molar-refractivity contribution in [1.82, 2.24) is 0 Å². The van der Waals surface area contributed by atoms with E-state index in [2.05, 4.69) is 33.8 Å². The number of benzene rings is 1. The monoisotopic (exact) mass is 877 g/mol. The molecule has 1 amide bonds. The number of carbonyl (C=O) groups excluding carboxylic acids is 2. The van der Waals surface area contributed by atoms with Crippen molar-refractivity contribution < 1.29 is 39.9 Å². The molecule has 12 rings (SSSR count). The maximum Gasteiger partial charge on any atom is 0.234 e. The number of epoxide rings is 1. The first-order chi connectivity index (χ1) is 28.9. The van der Waals surface area contributed by atoms with E-state index in [0.29, 0.717) is 56.7 Å². The third-order valence-corrected chi connectivity index (χ3v) is 22.7. The standard InChI is InChI=1S/C50H71NO8S2/c1-29(2)30(3)41-42(59-41)45(5,57)39-13-19-50(58)36-23-40(55)48-25-38(54)37(53)24-44(48,4)35(36)12-18-47(39,50)17-11-31-20-33(22-34(52)21-31)51-27-46(14-8-9-15-46)49(43(51)56)16-7-6-10-32(49)26-60-61-28-48/h20-23,29-30,32,35,37-39,41-42,52-54,57-58H,6-19,24-28H2,1-5H3/t30-,32+,35+,37+,38-,39-,41+,42-,44-,45-,47-,48-,49-,50-/m1/s1. The summed E-state index contributed by atoms with van der Waals surface area (Å²) in [5, 5.41) is 60.9. The number of aromatic hydroxyl groups is 1. The van der Waals surface area contributed by atoms with Crippen LogP contribution in [0.5, 0.6) is 5.75 Å². The van der Waals surface area contributed by atoms with Crippen LogP contribution in [0.3, 0.4) is 0 Å². The largest absolute Gasteiger partial charge is 0.508 e. The SMILES string of the molecule is CC(C)[C@@H](C)[C@@H]1O[C@H]1[C@](C)(O)[C@H]1CC[C@@]2(O)C3=CC(=O)[C@@]45CSSC[C@@H]6CCCC[C@]67C(=O)N(CC76CCCC6)c6cc(O)cc(c6)CC[C@@]12CC[C@@H]3[C@@]4(C)C[C@H](O)[C@H](O)C5. The summed E-state index contributed by atoms with van der Waals surface area (Å²) in [5.74, 6) is 1.87. The zero-order chi connectivity index (χ0) is 43.1. The van der Waals surface area contributed by atoms with Gasteiger partial charge < -0.3 is 35.2 Å². The number of hydrogen-bond donors (Lipinski definition) is 5. The zero-order valence-electron chi connectivity index (χ0n) is 37.2. The minimum atomic E-state index is -1.41. The average molecular weight is 878 g/mol. The molecular weight excluding hydrogens is 807 g/mol. The van der Waals surface area contributed by atoms with Gasteiger partial charge in [0.15, 0.2) is 5.78 Å². The fourth-order valence-electron chi connectivity index (χ4n) is 16.5. The third-order valence-electron chi connectivity index (χ3n) is 20.1. The van der Waals surface area contributed by atoms with Gasteiger partial charge in [-0.3, -0.25) is 9.59 Å². The van der Waals surface area contributed by atoms with E-state index in [1.165, 1.54) is 0 Å². The average Bonchev–Trinajstić information content (AvgIpc) is 3.69. The second kappa shape index (κ2) is 14.7. The lowest BCUT2D eigenvalue weighted by molar-refractivity contribution is -0.183. The quantitative estimate of drug-likeness (QED) is 0.148. The minimum Gasteiger partial charge on any atom is -0.508 e. The lowest BCUT2D eigenvalue weighted by atomic mass is 9.41. The smallest absolute Gasteiger partial charge is 0.234 e. The summed E-state index contributed by atoms with van der Waals surface area (Å²) >= 11 is 0.